The summed E-state index contributed by atoms with van der Waals surface area (Å²) in [4.78, 5) is 41.3. The summed E-state index contributed by atoms with van der Waals surface area (Å²) < 4.78 is 5.32. The van der Waals surface area contributed by atoms with Gasteiger partial charge in [-0.3, -0.25) is 9.59 Å². The Morgan fingerprint density at radius 1 is 1.00 bits per heavy atom. The van der Waals surface area contributed by atoms with Crippen molar-refractivity contribution in [3.8, 4) is 0 Å². The van der Waals surface area contributed by atoms with Gasteiger partial charge in [0.1, 0.15) is 17.7 Å². The van der Waals surface area contributed by atoms with Crippen LogP contribution in [0.3, 0.4) is 0 Å². The van der Waals surface area contributed by atoms with Gasteiger partial charge in [-0.15, -0.1) is 0 Å². The Labute approximate surface area is 214 Å². The Hall–Kier alpha value is -3.00. The lowest BCUT2D eigenvalue weighted by Crippen LogP contribution is -2.55. The van der Waals surface area contributed by atoms with Crippen LogP contribution in [0, 0.1) is 13.8 Å². The van der Waals surface area contributed by atoms with E-state index in [0.29, 0.717) is 11.3 Å². The summed E-state index contributed by atoms with van der Waals surface area (Å²) in [5, 5.41) is 5.59. The molecule has 0 spiro atoms. The van der Waals surface area contributed by atoms with Gasteiger partial charge in [0.15, 0.2) is 0 Å². The number of carbonyl (C=O) groups is 3. The zero-order valence-electron chi connectivity index (χ0n) is 21.6. The van der Waals surface area contributed by atoms with Crippen molar-refractivity contribution in [3.05, 3.63) is 65.2 Å². The van der Waals surface area contributed by atoms with Crippen LogP contribution in [0.1, 0.15) is 57.4 Å². The molecule has 0 aliphatic rings. The highest BCUT2D eigenvalue weighted by atomic mass is 32.1. The number of nitrogens with zero attached hydrogens (tertiary/aromatic N) is 1. The maximum absolute atomic E-state index is 13.7. The number of ether oxygens (including phenoxy) is 1. The van der Waals surface area contributed by atoms with Crippen molar-refractivity contribution in [2.24, 2.45) is 0 Å². The van der Waals surface area contributed by atoms with Crippen LogP contribution < -0.4 is 10.6 Å². The number of hydrogen-bond acceptors (Lipinski definition) is 5. The molecule has 8 heteroatoms. The monoisotopic (exact) mass is 499 g/mol. The van der Waals surface area contributed by atoms with E-state index in [4.69, 9.17) is 4.74 Å². The van der Waals surface area contributed by atoms with E-state index in [9.17, 15) is 14.4 Å². The minimum absolute atomic E-state index is 0.0430. The summed E-state index contributed by atoms with van der Waals surface area (Å²) in [7, 11) is 0. The van der Waals surface area contributed by atoms with Crippen LogP contribution in [0.5, 0.6) is 0 Å². The zero-order chi connectivity index (χ0) is 26.3. The molecule has 0 saturated heterocycles. The fraction of sp³-hybridized carbons (Fsp3) is 0.444. The van der Waals surface area contributed by atoms with E-state index in [2.05, 4.69) is 23.3 Å². The van der Waals surface area contributed by atoms with Crippen LogP contribution in [0.25, 0.3) is 0 Å². The molecule has 2 rings (SSSR count). The number of amides is 3. The van der Waals surface area contributed by atoms with Gasteiger partial charge in [0.05, 0.1) is 0 Å². The van der Waals surface area contributed by atoms with Crippen LogP contribution in [-0.2, 0) is 14.3 Å². The van der Waals surface area contributed by atoms with Gasteiger partial charge in [0.25, 0.3) is 5.91 Å². The summed E-state index contributed by atoms with van der Waals surface area (Å²) in [5.74, 6) is -0.729. The van der Waals surface area contributed by atoms with E-state index in [0.717, 1.165) is 11.1 Å². The smallest absolute Gasteiger partial charge is 0.408 e. The normalized spacial score (nSPS) is 13.1. The topological polar surface area (TPSA) is 87.7 Å². The number of nitrogens with one attached hydrogen (secondary N) is 2. The van der Waals surface area contributed by atoms with Gasteiger partial charge in [-0.1, -0.05) is 48.0 Å². The van der Waals surface area contributed by atoms with E-state index >= 15 is 0 Å². The van der Waals surface area contributed by atoms with E-state index in [1.54, 1.807) is 20.8 Å². The van der Waals surface area contributed by atoms with Crippen molar-refractivity contribution >= 4 is 36.2 Å². The number of thiol groups is 1. The second-order valence-electron chi connectivity index (χ2n) is 9.84. The Balaban J connectivity index is 2.45. The highest BCUT2D eigenvalue weighted by Gasteiger charge is 2.37. The summed E-state index contributed by atoms with van der Waals surface area (Å²) >= 11 is 4.30. The molecule has 2 N–H and O–H groups in total. The lowest BCUT2D eigenvalue weighted by molar-refractivity contribution is -0.142. The minimum Gasteiger partial charge on any atom is -0.444 e. The lowest BCUT2D eigenvalue weighted by Gasteiger charge is -2.37. The number of hydrogen-bond donors (Lipinski definition) is 3. The second kappa shape index (κ2) is 12.1. The fourth-order valence-corrected chi connectivity index (χ4v) is 3.84. The molecule has 2 unspecified atom stereocenters. The number of aryl methyl sites for hydroxylation is 2. The van der Waals surface area contributed by atoms with Gasteiger partial charge in [-0.05, 0) is 65.7 Å². The molecule has 190 valence electrons. The van der Waals surface area contributed by atoms with Crippen molar-refractivity contribution in [1.29, 1.82) is 0 Å². The molecule has 3 amide bonds. The number of anilines is 1. The number of benzene rings is 2. The molecule has 7 nitrogen and oxygen atoms in total. The van der Waals surface area contributed by atoms with Crippen LogP contribution >= 0.6 is 12.6 Å². The molecule has 0 aromatic heterocycles. The molecule has 0 saturated carbocycles. The first-order valence-corrected chi connectivity index (χ1v) is 12.3. The van der Waals surface area contributed by atoms with E-state index in [-0.39, 0.29) is 17.7 Å². The molecular formula is C27H37N3O4S. The van der Waals surface area contributed by atoms with Gasteiger partial charge in [-0.2, -0.15) is 12.6 Å². The lowest BCUT2D eigenvalue weighted by atomic mass is 10.00. The fourth-order valence-electron chi connectivity index (χ4n) is 3.60. The standard InChI is InChI=1S/C27H37N3O4S/c1-17(2)30(25(32)22(16-35)29-26(33)34-27(5,6)7)23(20-14-12-18(3)13-15-20)24(31)28-21-11-9-8-10-19(21)4/h8-15,17,22-23,35H,16H2,1-7H3,(H,28,31)(H,29,33). The van der Waals surface area contributed by atoms with Gasteiger partial charge >= 0.3 is 6.09 Å². The third kappa shape index (κ3) is 8.02. The Morgan fingerprint density at radius 2 is 1.60 bits per heavy atom. The SMILES string of the molecule is Cc1ccc(C(C(=O)Nc2ccccc2C)N(C(=O)C(CS)NC(=O)OC(C)(C)C)C(C)C)cc1. The number of carbonyl (C=O) groups excluding carboxylic acids is 3. The third-order valence-electron chi connectivity index (χ3n) is 5.31. The average molecular weight is 500 g/mol. The van der Waals surface area contributed by atoms with Gasteiger partial charge in [0.2, 0.25) is 5.91 Å². The molecule has 0 heterocycles. The molecule has 0 radical (unpaired) electrons. The van der Waals surface area contributed by atoms with Crippen molar-refractivity contribution < 1.29 is 19.1 Å². The van der Waals surface area contributed by atoms with Gasteiger partial charge < -0.3 is 20.3 Å². The van der Waals surface area contributed by atoms with Crippen LogP contribution in [0.15, 0.2) is 48.5 Å². The molecule has 2 atom stereocenters. The quantitative estimate of drug-likeness (QED) is 0.444. The summed E-state index contributed by atoms with van der Waals surface area (Å²) in [6.45, 7) is 12.8. The maximum atomic E-state index is 13.7. The summed E-state index contributed by atoms with van der Waals surface area (Å²) in [5.41, 5.74) is 2.56. The molecule has 2 aromatic rings. The molecule has 2 aromatic carbocycles. The molecular weight excluding hydrogens is 462 g/mol. The average Bonchev–Trinajstić information content (AvgIpc) is 2.76. The van der Waals surface area contributed by atoms with Crippen molar-refractivity contribution in [2.45, 2.75) is 72.2 Å². The van der Waals surface area contributed by atoms with Crippen LogP contribution in [0.2, 0.25) is 0 Å². The Kier molecular flexibility index (Phi) is 9.77. The third-order valence-corrected chi connectivity index (χ3v) is 5.67. The number of para-hydroxylation sites is 1. The second-order valence-corrected chi connectivity index (χ2v) is 10.2. The minimum atomic E-state index is -0.977. The van der Waals surface area contributed by atoms with E-state index in [1.165, 1.54) is 4.90 Å². The molecule has 0 fully saturated rings. The largest absolute Gasteiger partial charge is 0.444 e. The van der Waals surface area contributed by atoms with Gasteiger partial charge in [0, 0.05) is 17.5 Å². The zero-order valence-corrected chi connectivity index (χ0v) is 22.5. The van der Waals surface area contributed by atoms with Crippen LogP contribution in [-0.4, -0.2) is 46.2 Å². The van der Waals surface area contributed by atoms with Crippen molar-refractivity contribution in [3.63, 3.8) is 0 Å². The molecule has 0 aliphatic heterocycles. The summed E-state index contributed by atoms with van der Waals surface area (Å²) in [6.07, 6.45) is -0.718. The van der Waals surface area contributed by atoms with Crippen LogP contribution in [0.4, 0.5) is 10.5 Å². The first kappa shape index (κ1) is 28.2. The maximum Gasteiger partial charge on any atom is 0.408 e. The number of alkyl carbamates (subject to hydrolysis) is 1. The Morgan fingerprint density at radius 3 is 2.11 bits per heavy atom. The van der Waals surface area contributed by atoms with Gasteiger partial charge in [-0.25, -0.2) is 4.79 Å². The Bertz CT molecular complexity index is 1030. The summed E-state index contributed by atoms with van der Waals surface area (Å²) in [6, 6.07) is 12.7. The molecule has 0 aliphatic carbocycles. The predicted molar refractivity (Wildman–Crippen MR) is 143 cm³/mol. The highest BCUT2D eigenvalue weighted by Crippen LogP contribution is 2.27. The highest BCUT2D eigenvalue weighted by molar-refractivity contribution is 7.80. The van der Waals surface area contributed by atoms with Crippen molar-refractivity contribution in [1.82, 2.24) is 10.2 Å². The predicted octanol–water partition coefficient (Wildman–Crippen LogP) is 5.04. The first-order valence-electron chi connectivity index (χ1n) is 11.7. The first-order chi connectivity index (χ1) is 16.3. The van der Waals surface area contributed by atoms with Crippen molar-refractivity contribution in [2.75, 3.05) is 11.1 Å². The number of rotatable bonds is 8. The van der Waals surface area contributed by atoms with E-state index in [1.807, 2.05) is 76.2 Å². The molecule has 35 heavy (non-hydrogen) atoms. The molecule has 0 bridgehead atoms. The van der Waals surface area contributed by atoms with E-state index < -0.39 is 29.7 Å².